The predicted octanol–water partition coefficient (Wildman–Crippen LogP) is 2.91. The van der Waals surface area contributed by atoms with Crippen LogP contribution in [0.4, 0.5) is 5.69 Å². The topological polar surface area (TPSA) is 50.4 Å². The van der Waals surface area contributed by atoms with Gasteiger partial charge in [0.05, 0.1) is 5.56 Å². The van der Waals surface area contributed by atoms with Crippen LogP contribution >= 0.6 is 0 Å². The number of anilines is 1. The zero-order chi connectivity index (χ0) is 14.8. The average molecular weight is 278 g/mol. The van der Waals surface area contributed by atoms with Crippen molar-refractivity contribution in [1.29, 1.82) is 0 Å². The zero-order valence-electron chi connectivity index (χ0n) is 12.7. The van der Waals surface area contributed by atoms with E-state index in [1.165, 1.54) is 0 Å². The number of amides is 1. The summed E-state index contributed by atoms with van der Waals surface area (Å²) in [6, 6.07) is 7.56. The van der Waals surface area contributed by atoms with Crippen molar-refractivity contribution >= 4 is 11.6 Å². The fourth-order valence-corrected chi connectivity index (χ4v) is 1.82. The molecule has 20 heavy (non-hydrogen) atoms. The number of ether oxygens (including phenoxy) is 1. The van der Waals surface area contributed by atoms with Crippen LogP contribution in [0.2, 0.25) is 0 Å². The van der Waals surface area contributed by atoms with E-state index < -0.39 is 0 Å². The summed E-state index contributed by atoms with van der Waals surface area (Å²) in [4.78, 5) is 12.1. The molecule has 112 valence electrons. The second-order valence-corrected chi connectivity index (χ2v) is 5.15. The van der Waals surface area contributed by atoms with Crippen molar-refractivity contribution in [2.75, 3.05) is 31.6 Å². The monoisotopic (exact) mass is 278 g/mol. The molecule has 0 aliphatic carbocycles. The maximum absolute atomic E-state index is 12.1. The van der Waals surface area contributed by atoms with Crippen molar-refractivity contribution in [2.24, 2.45) is 5.92 Å². The van der Waals surface area contributed by atoms with Crippen molar-refractivity contribution in [3.05, 3.63) is 29.8 Å². The molecule has 1 aromatic rings. The van der Waals surface area contributed by atoms with Gasteiger partial charge in [0.2, 0.25) is 0 Å². The highest BCUT2D eigenvalue weighted by molar-refractivity contribution is 5.99. The molecule has 0 saturated heterocycles. The summed E-state index contributed by atoms with van der Waals surface area (Å²) in [6.45, 7) is 9.16. The summed E-state index contributed by atoms with van der Waals surface area (Å²) < 4.78 is 5.48. The van der Waals surface area contributed by atoms with Gasteiger partial charge in [0.25, 0.3) is 5.91 Å². The van der Waals surface area contributed by atoms with Crippen molar-refractivity contribution in [1.82, 2.24) is 5.32 Å². The predicted molar refractivity (Wildman–Crippen MR) is 83.2 cm³/mol. The smallest absolute Gasteiger partial charge is 0.253 e. The Morgan fingerprint density at radius 1 is 1.30 bits per heavy atom. The van der Waals surface area contributed by atoms with Crippen LogP contribution < -0.4 is 10.6 Å². The van der Waals surface area contributed by atoms with Crippen LogP contribution in [0.1, 0.15) is 37.6 Å². The van der Waals surface area contributed by atoms with E-state index in [9.17, 15) is 4.79 Å². The van der Waals surface area contributed by atoms with Gasteiger partial charge < -0.3 is 15.4 Å². The average Bonchev–Trinajstić information content (AvgIpc) is 2.43. The molecule has 4 nitrogen and oxygen atoms in total. The summed E-state index contributed by atoms with van der Waals surface area (Å²) in [6.07, 6.45) is 0.835. The molecule has 0 unspecified atom stereocenters. The Bertz CT molecular complexity index is 405. The van der Waals surface area contributed by atoms with Gasteiger partial charge in [0, 0.05) is 32.0 Å². The standard InChI is InChI=1S/C16H26N2O2/c1-4-17-15-9-6-5-8-14(15)16(19)18-10-7-11-20-12-13(2)3/h5-6,8-9,13,17H,4,7,10-12H2,1-3H3,(H,18,19). The van der Waals surface area contributed by atoms with Gasteiger partial charge in [-0.1, -0.05) is 26.0 Å². The highest BCUT2D eigenvalue weighted by atomic mass is 16.5. The second kappa shape index (κ2) is 9.37. The van der Waals surface area contributed by atoms with E-state index in [1.807, 2.05) is 31.2 Å². The molecule has 0 bridgehead atoms. The maximum Gasteiger partial charge on any atom is 0.253 e. The van der Waals surface area contributed by atoms with Crippen LogP contribution in [0.25, 0.3) is 0 Å². The number of benzene rings is 1. The van der Waals surface area contributed by atoms with Crippen molar-refractivity contribution in [3.8, 4) is 0 Å². The van der Waals surface area contributed by atoms with Crippen molar-refractivity contribution in [2.45, 2.75) is 27.2 Å². The zero-order valence-corrected chi connectivity index (χ0v) is 12.7. The van der Waals surface area contributed by atoms with Gasteiger partial charge >= 0.3 is 0 Å². The molecular weight excluding hydrogens is 252 g/mol. The Kier molecular flexibility index (Phi) is 7.73. The Morgan fingerprint density at radius 3 is 2.75 bits per heavy atom. The number of hydrogen-bond acceptors (Lipinski definition) is 3. The quantitative estimate of drug-likeness (QED) is 0.683. The molecule has 1 aromatic carbocycles. The molecule has 2 N–H and O–H groups in total. The molecule has 1 amide bonds. The molecule has 4 heteroatoms. The number of rotatable bonds is 9. The first kappa shape index (κ1) is 16.5. The minimum absolute atomic E-state index is 0.0367. The van der Waals surface area contributed by atoms with Crippen LogP contribution in [0.15, 0.2) is 24.3 Å². The fourth-order valence-electron chi connectivity index (χ4n) is 1.82. The van der Waals surface area contributed by atoms with Gasteiger partial charge in [0.1, 0.15) is 0 Å². The van der Waals surface area contributed by atoms with Gasteiger partial charge in [-0.05, 0) is 31.4 Å². The Balaban J connectivity index is 2.32. The molecule has 1 rings (SSSR count). The third-order valence-corrected chi connectivity index (χ3v) is 2.74. The van der Waals surface area contributed by atoms with Crippen LogP contribution in [-0.4, -0.2) is 32.2 Å². The fraction of sp³-hybridized carbons (Fsp3) is 0.562. The lowest BCUT2D eigenvalue weighted by Gasteiger charge is -2.11. The maximum atomic E-state index is 12.1. The van der Waals surface area contributed by atoms with E-state index in [2.05, 4.69) is 24.5 Å². The highest BCUT2D eigenvalue weighted by Gasteiger charge is 2.09. The van der Waals surface area contributed by atoms with E-state index in [0.717, 1.165) is 25.3 Å². The van der Waals surface area contributed by atoms with Gasteiger partial charge in [-0.2, -0.15) is 0 Å². The summed E-state index contributed by atoms with van der Waals surface area (Å²) in [5.74, 6) is 0.516. The largest absolute Gasteiger partial charge is 0.385 e. The van der Waals surface area contributed by atoms with E-state index in [0.29, 0.717) is 24.6 Å². The Labute approximate surface area is 121 Å². The Hall–Kier alpha value is -1.55. The van der Waals surface area contributed by atoms with E-state index in [1.54, 1.807) is 0 Å². The molecular formula is C16H26N2O2. The van der Waals surface area contributed by atoms with Gasteiger partial charge in [-0.25, -0.2) is 0 Å². The number of para-hydroxylation sites is 1. The SMILES string of the molecule is CCNc1ccccc1C(=O)NCCCOCC(C)C. The molecule has 0 aliphatic heterocycles. The lowest BCUT2D eigenvalue weighted by molar-refractivity contribution is 0.0925. The lowest BCUT2D eigenvalue weighted by atomic mass is 10.1. The van der Waals surface area contributed by atoms with Crippen LogP contribution in [0, 0.1) is 5.92 Å². The van der Waals surface area contributed by atoms with Crippen LogP contribution in [0.3, 0.4) is 0 Å². The summed E-state index contributed by atoms with van der Waals surface area (Å²) >= 11 is 0. The first-order chi connectivity index (χ1) is 9.65. The highest BCUT2D eigenvalue weighted by Crippen LogP contribution is 2.14. The second-order valence-electron chi connectivity index (χ2n) is 5.15. The van der Waals surface area contributed by atoms with E-state index >= 15 is 0 Å². The number of nitrogens with one attached hydrogen (secondary N) is 2. The van der Waals surface area contributed by atoms with Crippen molar-refractivity contribution < 1.29 is 9.53 Å². The van der Waals surface area contributed by atoms with Gasteiger partial charge in [-0.3, -0.25) is 4.79 Å². The minimum Gasteiger partial charge on any atom is -0.385 e. The van der Waals surface area contributed by atoms with Crippen LogP contribution in [-0.2, 0) is 4.74 Å². The van der Waals surface area contributed by atoms with Crippen molar-refractivity contribution in [3.63, 3.8) is 0 Å². The number of hydrogen-bond donors (Lipinski definition) is 2. The number of carbonyl (C=O) groups is 1. The van der Waals surface area contributed by atoms with Gasteiger partial charge in [0.15, 0.2) is 0 Å². The summed E-state index contributed by atoms with van der Waals surface area (Å²) in [7, 11) is 0. The molecule has 0 fully saturated rings. The number of carbonyl (C=O) groups excluding carboxylic acids is 1. The van der Waals surface area contributed by atoms with Gasteiger partial charge in [-0.15, -0.1) is 0 Å². The molecule has 0 atom stereocenters. The third kappa shape index (κ3) is 6.06. The minimum atomic E-state index is -0.0367. The first-order valence-corrected chi connectivity index (χ1v) is 7.34. The Morgan fingerprint density at radius 2 is 2.05 bits per heavy atom. The van der Waals surface area contributed by atoms with E-state index in [4.69, 9.17) is 4.74 Å². The van der Waals surface area contributed by atoms with E-state index in [-0.39, 0.29) is 5.91 Å². The molecule has 0 aromatic heterocycles. The summed E-state index contributed by atoms with van der Waals surface area (Å²) in [5.41, 5.74) is 1.57. The lowest BCUT2D eigenvalue weighted by Crippen LogP contribution is -2.26. The molecule has 0 heterocycles. The molecule has 0 aliphatic rings. The first-order valence-electron chi connectivity index (χ1n) is 7.34. The third-order valence-electron chi connectivity index (χ3n) is 2.74. The normalized spacial score (nSPS) is 10.6. The summed E-state index contributed by atoms with van der Waals surface area (Å²) in [5, 5.41) is 6.12. The molecule has 0 radical (unpaired) electrons. The molecule has 0 saturated carbocycles. The molecule has 0 spiro atoms. The van der Waals surface area contributed by atoms with Crippen LogP contribution in [0.5, 0.6) is 0 Å².